The summed E-state index contributed by atoms with van der Waals surface area (Å²) in [5.41, 5.74) is 1.98. The molecule has 0 spiro atoms. The van der Waals surface area contributed by atoms with E-state index in [1.165, 1.54) is 12.1 Å². The van der Waals surface area contributed by atoms with Crippen molar-refractivity contribution in [3.8, 4) is 5.69 Å². The van der Waals surface area contributed by atoms with Crippen LogP contribution in [0.1, 0.15) is 49.3 Å². The van der Waals surface area contributed by atoms with E-state index in [1.54, 1.807) is 25.3 Å². The van der Waals surface area contributed by atoms with E-state index in [1.807, 2.05) is 10.6 Å². The van der Waals surface area contributed by atoms with Crippen LogP contribution in [0.3, 0.4) is 0 Å². The molecule has 4 heterocycles. The second-order valence-electron chi connectivity index (χ2n) is 9.66. The molecule has 0 saturated carbocycles. The second-order valence-corrected chi connectivity index (χ2v) is 9.66. The summed E-state index contributed by atoms with van der Waals surface area (Å²) in [5.74, 6) is -2.09. The smallest absolute Gasteiger partial charge is 0.335 e. The minimum atomic E-state index is -1.35. The lowest BCUT2D eigenvalue weighted by atomic mass is 9.84. The molecule has 2 fully saturated rings. The molecule has 0 bridgehead atoms. The first kappa shape index (κ1) is 22.2. The van der Waals surface area contributed by atoms with Crippen LogP contribution in [0.25, 0.3) is 27.5 Å². The molecule has 35 heavy (non-hydrogen) atoms. The molecule has 2 atom stereocenters. The van der Waals surface area contributed by atoms with Crippen molar-refractivity contribution in [2.75, 3.05) is 19.8 Å². The summed E-state index contributed by atoms with van der Waals surface area (Å²) in [6.45, 7) is 2.89. The number of carboxylic acids is 1. The van der Waals surface area contributed by atoms with Crippen LogP contribution >= 0.6 is 0 Å². The molecule has 9 heteroatoms. The molecule has 7 nitrogen and oxygen atoms in total. The van der Waals surface area contributed by atoms with Crippen molar-refractivity contribution < 1.29 is 28.2 Å². The standard InChI is InChI=1S/C26H25F2N3O4/c1-26(25(32)33)11-16(13-35-26)20-21-19(10-15-12-29-30-23(15)22(21)28)31(18-4-2-17(27)3-5-18)24(20)14-6-8-34-9-7-14/h2-5,10,12,14,16H,6-9,11,13H2,1H3,(H,29,30)(H,32,33)/t16?,26-/m0/s1. The molecule has 0 radical (unpaired) electrons. The van der Waals surface area contributed by atoms with Crippen molar-refractivity contribution in [3.63, 3.8) is 0 Å². The summed E-state index contributed by atoms with van der Waals surface area (Å²) < 4.78 is 43.4. The normalized spacial score (nSPS) is 23.5. The zero-order valence-electron chi connectivity index (χ0n) is 19.2. The van der Waals surface area contributed by atoms with Gasteiger partial charge in [0.1, 0.15) is 11.3 Å². The van der Waals surface area contributed by atoms with E-state index in [-0.39, 0.29) is 30.7 Å². The summed E-state index contributed by atoms with van der Waals surface area (Å²) in [6, 6.07) is 8.04. The maximum absolute atomic E-state index is 16.2. The number of aromatic amines is 1. The Bertz CT molecular complexity index is 1440. The Balaban J connectivity index is 1.69. The van der Waals surface area contributed by atoms with Crippen LogP contribution in [0, 0.1) is 11.6 Å². The van der Waals surface area contributed by atoms with E-state index in [2.05, 4.69) is 10.2 Å². The number of benzene rings is 2. The van der Waals surface area contributed by atoms with Crippen LogP contribution in [0.5, 0.6) is 0 Å². The Hall–Kier alpha value is -3.30. The highest BCUT2D eigenvalue weighted by atomic mass is 19.1. The van der Waals surface area contributed by atoms with Crippen LogP contribution in [0.4, 0.5) is 8.78 Å². The van der Waals surface area contributed by atoms with Gasteiger partial charge in [0.05, 0.1) is 18.3 Å². The van der Waals surface area contributed by atoms with E-state index in [4.69, 9.17) is 9.47 Å². The number of halogens is 2. The quantitative estimate of drug-likeness (QED) is 0.427. The highest BCUT2D eigenvalue weighted by Gasteiger charge is 2.46. The Kier molecular flexibility index (Phi) is 5.16. The van der Waals surface area contributed by atoms with Crippen LogP contribution in [-0.4, -0.2) is 51.3 Å². The number of nitrogens with zero attached hydrogens (tertiary/aromatic N) is 2. The second kappa shape index (κ2) is 8.13. The molecule has 4 aromatic rings. The number of hydrogen-bond acceptors (Lipinski definition) is 4. The third-order valence-electron chi connectivity index (χ3n) is 7.48. The average molecular weight is 481 g/mol. The largest absolute Gasteiger partial charge is 0.479 e. The molecule has 0 amide bonds. The van der Waals surface area contributed by atoms with E-state index < -0.39 is 17.4 Å². The average Bonchev–Trinajstić information content (AvgIpc) is 3.57. The lowest BCUT2D eigenvalue weighted by Crippen LogP contribution is -2.34. The van der Waals surface area contributed by atoms with E-state index in [9.17, 15) is 14.3 Å². The van der Waals surface area contributed by atoms with Gasteiger partial charge in [-0.2, -0.15) is 5.10 Å². The fourth-order valence-corrected chi connectivity index (χ4v) is 5.71. The van der Waals surface area contributed by atoms with Crippen molar-refractivity contribution in [3.05, 3.63) is 59.4 Å². The van der Waals surface area contributed by atoms with Gasteiger partial charge in [-0.3, -0.25) is 5.10 Å². The van der Waals surface area contributed by atoms with Gasteiger partial charge in [0.2, 0.25) is 0 Å². The SMILES string of the molecule is C[C@@]1(C(=O)O)CC(c2c(C3CCOCC3)n(-c3ccc(F)cc3)c3cc4cn[nH]c4c(F)c23)CO1. The number of rotatable bonds is 4. The zero-order chi connectivity index (χ0) is 24.3. The number of aliphatic carboxylic acids is 1. The number of fused-ring (bicyclic) bond motifs is 2. The summed E-state index contributed by atoms with van der Waals surface area (Å²) in [7, 11) is 0. The molecule has 2 N–H and O–H groups in total. The van der Waals surface area contributed by atoms with Gasteiger partial charge in [-0.1, -0.05) is 0 Å². The van der Waals surface area contributed by atoms with Crippen LogP contribution in [-0.2, 0) is 14.3 Å². The van der Waals surface area contributed by atoms with Gasteiger partial charge in [0, 0.05) is 47.2 Å². The van der Waals surface area contributed by atoms with Gasteiger partial charge >= 0.3 is 5.97 Å². The topological polar surface area (TPSA) is 89.4 Å². The molecule has 2 aromatic carbocycles. The Labute approximate surface area is 199 Å². The van der Waals surface area contributed by atoms with Crippen molar-refractivity contribution in [2.24, 2.45) is 0 Å². The number of aromatic nitrogens is 3. The number of carbonyl (C=O) groups is 1. The first-order valence-electron chi connectivity index (χ1n) is 11.8. The highest BCUT2D eigenvalue weighted by molar-refractivity contribution is 6.00. The molecule has 2 aliphatic heterocycles. The fraction of sp³-hybridized carbons (Fsp3) is 0.385. The number of hydrogen-bond donors (Lipinski definition) is 2. The van der Waals surface area contributed by atoms with Crippen molar-refractivity contribution in [1.82, 2.24) is 14.8 Å². The first-order valence-corrected chi connectivity index (χ1v) is 11.8. The summed E-state index contributed by atoms with van der Waals surface area (Å²) in [5, 5.41) is 17.6. The molecule has 6 rings (SSSR count). The van der Waals surface area contributed by atoms with E-state index in [0.29, 0.717) is 40.7 Å². The monoisotopic (exact) mass is 481 g/mol. The number of nitrogens with one attached hydrogen (secondary N) is 1. The highest BCUT2D eigenvalue weighted by Crippen LogP contribution is 2.48. The maximum Gasteiger partial charge on any atom is 0.335 e. The van der Waals surface area contributed by atoms with Crippen molar-refractivity contribution in [1.29, 1.82) is 0 Å². The summed E-state index contributed by atoms with van der Waals surface area (Å²) >= 11 is 0. The van der Waals surface area contributed by atoms with Gasteiger partial charge in [-0.05, 0) is 62.1 Å². The molecule has 182 valence electrons. The number of ether oxygens (including phenoxy) is 2. The molecule has 0 aliphatic carbocycles. The van der Waals surface area contributed by atoms with Crippen LogP contribution in [0.15, 0.2) is 36.5 Å². The molecular weight excluding hydrogens is 456 g/mol. The predicted molar refractivity (Wildman–Crippen MR) is 125 cm³/mol. The third-order valence-corrected chi connectivity index (χ3v) is 7.48. The Morgan fingerprint density at radius 2 is 1.94 bits per heavy atom. The van der Waals surface area contributed by atoms with E-state index >= 15 is 4.39 Å². The molecular formula is C26H25F2N3O4. The minimum absolute atomic E-state index is 0.0590. The Morgan fingerprint density at radius 1 is 1.20 bits per heavy atom. The maximum atomic E-state index is 16.2. The summed E-state index contributed by atoms with van der Waals surface area (Å²) in [4.78, 5) is 11.9. The minimum Gasteiger partial charge on any atom is -0.479 e. The van der Waals surface area contributed by atoms with Crippen LogP contribution < -0.4 is 0 Å². The predicted octanol–water partition coefficient (Wildman–Crippen LogP) is 5.03. The zero-order valence-corrected chi connectivity index (χ0v) is 19.2. The lowest BCUT2D eigenvalue weighted by molar-refractivity contribution is -0.157. The molecule has 2 aromatic heterocycles. The summed E-state index contributed by atoms with van der Waals surface area (Å²) in [6.07, 6.45) is 3.29. The first-order chi connectivity index (χ1) is 16.9. The van der Waals surface area contributed by atoms with E-state index in [0.717, 1.165) is 24.1 Å². The van der Waals surface area contributed by atoms with Crippen LogP contribution in [0.2, 0.25) is 0 Å². The molecule has 2 saturated heterocycles. The van der Waals surface area contributed by atoms with Gasteiger partial charge in [-0.15, -0.1) is 0 Å². The number of H-pyrrole nitrogens is 1. The fourth-order valence-electron chi connectivity index (χ4n) is 5.71. The van der Waals surface area contributed by atoms with Crippen molar-refractivity contribution >= 4 is 27.8 Å². The Morgan fingerprint density at radius 3 is 2.63 bits per heavy atom. The van der Waals surface area contributed by atoms with Crippen molar-refractivity contribution in [2.45, 2.75) is 43.6 Å². The molecule has 1 unspecified atom stereocenters. The molecule has 2 aliphatic rings. The van der Waals surface area contributed by atoms with Gasteiger partial charge in [0.15, 0.2) is 11.4 Å². The number of carboxylic acid groups (broad SMARTS) is 1. The van der Waals surface area contributed by atoms with Gasteiger partial charge in [-0.25, -0.2) is 13.6 Å². The lowest BCUT2D eigenvalue weighted by Gasteiger charge is -2.27. The van der Waals surface area contributed by atoms with Gasteiger partial charge < -0.3 is 19.1 Å². The third kappa shape index (κ3) is 3.44. The van der Waals surface area contributed by atoms with Gasteiger partial charge in [0.25, 0.3) is 0 Å².